The predicted octanol–water partition coefficient (Wildman–Crippen LogP) is 2.45. The van der Waals surface area contributed by atoms with Gasteiger partial charge in [-0.1, -0.05) is 0 Å². The van der Waals surface area contributed by atoms with E-state index in [4.69, 9.17) is 5.73 Å². The van der Waals surface area contributed by atoms with Crippen molar-refractivity contribution < 1.29 is 14.3 Å². The van der Waals surface area contributed by atoms with E-state index in [1.807, 2.05) is 0 Å². The highest BCUT2D eigenvalue weighted by Gasteiger charge is 2.51. The molecule has 2 saturated carbocycles. The number of halogens is 1. The third-order valence-corrected chi connectivity index (χ3v) is 6.20. The van der Waals surface area contributed by atoms with Crippen molar-refractivity contribution in [2.45, 2.75) is 44.1 Å². The molecule has 7 heteroatoms. The van der Waals surface area contributed by atoms with E-state index < -0.39 is 11.4 Å². The third kappa shape index (κ3) is 2.53. The smallest absolute Gasteiger partial charge is 0.155 e. The van der Waals surface area contributed by atoms with E-state index >= 15 is 0 Å². The van der Waals surface area contributed by atoms with Crippen LogP contribution in [0.4, 0.5) is 10.2 Å². The van der Waals surface area contributed by atoms with Crippen LogP contribution in [-0.2, 0) is 12.6 Å². The lowest BCUT2D eigenvalue weighted by Gasteiger charge is -2.26. The SMILES string of the molecule is Cc1cc(C2(O)CC3CC(c4nn(C)c(N)c4C=O)CC3C2)c(F)cn1. The van der Waals surface area contributed by atoms with Gasteiger partial charge in [-0.15, -0.1) is 0 Å². The number of nitrogens with zero attached hydrogens (tertiary/aromatic N) is 3. The van der Waals surface area contributed by atoms with E-state index in [9.17, 15) is 14.3 Å². The molecule has 2 aliphatic carbocycles. The Bertz CT molecular complexity index is 865. The minimum atomic E-state index is -1.14. The number of pyridine rings is 1. The summed E-state index contributed by atoms with van der Waals surface area (Å²) in [6.45, 7) is 1.80. The summed E-state index contributed by atoms with van der Waals surface area (Å²) in [5.41, 5.74) is 7.07. The molecule has 2 atom stereocenters. The summed E-state index contributed by atoms with van der Waals surface area (Å²) in [7, 11) is 1.73. The van der Waals surface area contributed by atoms with Crippen LogP contribution in [-0.4, -0.2) is 26.2 Å². The maximum Gasteiger partial charge on any atom is 0.155 e. The molecule has 2 unspecified atom stereocenters. The molecule has 2 aromatic heterocycles. The molecule has 0 bridgehead atoms. The summed E-state index contributed by atoms with van der Waals surface area (Å²) >= 11 is 0. The Hall–Kier alpha value is -2.28. The molecule has 3 N–H and O–H groups in total. The molecule has 2 fully saturated rings. The molecule has 0 aliphatic heterocycles. The van der Waals surface area contributed by atoms with Crippen molar-refractivity contribution in [3.63, 3.8) is 0 Å². The maximum absolute atomic E-state index is 14.2. The Balaban J connectivity index is 1.57. The van der Waals surface area contributed by atoms with Gasteiger partial charge in [0.15, 0.2) is 6.29 Å². The number of hydrogen-bond acceptors (Lipinski definition) is 5. The van der Waals surface area contributed by atoms with Crippen LogP contribution in [0.3, 0.4) is 0 Å². The summed E-state index contributed by atoms with van der Waals surface area (Å²) in [5.74, 6) is 0.650. The van der Waals surface area contributed by atoms with Gasteiger partial charge >= 0.3 is 0 Å². The number of fused-ring (bicyclic) bond motifs is 1. The molecule has 0 aromatic carbocycles. The molecular weight excluding hydrogens is 335 g/mol. The average Bonchev–Trinajstić information content (AvgIpc) is 3.20. The van der Waals surface area contributed by atoms with Gasteiger partial charge in [0, 0.05) is 24.2 Å². The summed E-state index contributed by atoms with van der Waals surface area (Å²) in [5, 5.41) is 15.6. The Morgan fingerprint density at radius 1 is 1.38 bits per heavy atom. The first-order valence-corrected chi connectivity index (χ1v) is 8.95. The summed E-state index contributed by atoms with van der Waals surface area (Å²) in [6, 6.07) is 1.65. The molecule has 6 nitrogen and oxygen atoms in total. The molecule has 138 valence electrons. The number of hydrogen-bond donors (Lipinski definition) is 2. The number of nitrogens with two attached hydrogens (primary N) is 1. The lowest BCUT2D eigenvalue weighted by molar-refractivity contribution is 0.0307. The maximum atomic E-state index is 14.2. The lowest BCUT2D eigenvalue weighted by atomic mass is 9.87. The van der Waals surface area contributed by atoms with Gasteiger partial charge < -0.3 is 10.8 Å². The van der Waals surface area contributed by atoms with Crippen molar-refractivity contribution in [2.24, 2.45) is 18.9 Å². The van der Waals surface area contributed by atoms with E-state index in [-0.39, 0.29) is 17.8 Å². The quantitative estimate of drug-likeness (QED) is 0.822. The van der Waals surface area contributed by atoms with Crippen LogP contribution in [0, 0.1) is 24.6 Å². The van der Waals surface area contributed by atoms with Crippen LogP contribution < -0.4 is 5.73 Å². The van der Waals surface area contributed by atoms with Crippen LogP contribution in [0.2, 0.25) is 0 Å². The van der Waals surface area contributed by atoms with E-state index in [1.165, 1.54) is 6.20 Å². The first-order chi connectivity index (χ1) is 12.3. The first kappa shape index (κ1) is 17.1. The highest BCUT2D eigenvalue weighted by atomic mass is 19.1. The van der Waals surface area contributed by atoms with E-state index in [1.54, 1.807) is 24.7 Å². The Morgan fingerprint density at radius 2 is 2.04 bits per heavy atom. The van der Waals surface area contributed by atoms with Crippen molar-refractivity contribution in [3.8, 4) is 0 Å². The highest BCUT2D eigenvalue weighted by Crippen LogP contribution is 2.57. The molecule has 26 heavy (non-hydrogen) atoms. The normalized spacial score (nSPS) is 30.5. The van der Waals surface area contributed by atoms with Gasteiger partial charge in [-0.3, -0.25) is 14.5 Å². The third-order valence-electron chi connectivity index (χ3n) is 6.20. The Labute approximate surface area is 151 Å². The second kappa shape index (κ2) is 5.87. The zero-order valence-electron chi connectivity index (χ0n) is 14.9. The number of aryl methyl sites for hydroxylation is 2. The molecule has 0 saturated heterocycles. The minimum Gasteiger partial charge on any atom is -0.385 e. The fraction of sp³-hybridized carbons (Fsp3) is 0.526. The lowest BCUT2D eigenvalue weighted by Crippen LogP contribution is -2.25. The summed E-state index contributed by atoms with van der Waals surface area (Å²) in [4.78, 5) is 15.4. The summed E-state index contributed by atoms with van der Waals surface area (Å²) < 4.78 is 15.8. The molecule has 2 aliphatic rings. The van der Waals surface area contributed by atoms with E-state index in [2.05, 4.69) is 10.1 Å². The molecule has 2 heterocycles. The standard InChI is InChI=1S/C19H23FN4O2/c1-10-3-15(16(20)8-22-10)19(26)6-12-4-11(5-13(12)7-19)17-14(9-25)18(21)24(2)23-17/h3,8-9,11-13,26H,4-7,21H2,1-2H3. The van der Waals surface area contributed by atoms with Crippen LogP contribution >= 0.6 is 0 Å². The van der Waals surface area contributed by atoms with Crippen molar-refractivity contribution in [1.82, 2.24) is 14.8 Å². The topological polar surface area (TPSA) is 94.0 Å². The van der Waals surface area contributed by atoms with Gasteiger partial charge in [-0.05, 0) is 50.5 Å². The van der Waals surface area contributed by atoms with Crippen LogP contribution in [0.5, 0.6) is 0 Å². The second-order valence-electron chi connectivity index (χ2n) is 7.86. The van der Waals surface area contributed by atoms with Crippen molar-refractivity contribution in [2.75, 3.05) is 5.73 Å². The largest absolute Gasteiger partial charge is 0.385 e. The van der Waals surface area contributed by atoms with E-state index in [0.717, 1.165) is 24.8 Å². The second-order valence-corrected chi connectivity index (χ2v) is 7.86. The molecule has 0 amide bonds. The zero-order valence-corrected chi connectivity index (χ0v) is 14.9. The number of aliphatic hydroxyl groups is 1. The predicted molar refractivity (Wildman–Crippen MR) is 94.0 cm³/mol. The number of rotatable bonds is 3. The fourth-order valence-electron chi connectivity index (χ4n) is 5.00. The van der Waals surface area contributed by atoms with Gasteiger partial charge in [0.1, 0.15) is 11.6 Å². The Kier molecular flexibility index (Phi) is 3.87. The van der Waals surface area contributed by atoms with Crippen molar-refractivity contribution >= 4 is 12.1 Å². The van der Waals surface area contributed by atoms with Gasteiger partial charge in [-0.25, -0.2) is 4.39 Å². The number of carbonyl (C=O) groups is 1. The van der Waals surface area contributed by atoms with Gasteiger partial charge in [0.2, 0.25) is 0 Å². The first-order valence-electron chi connectivity index (χ1n) is 8.95. The van der Waals surface area contributed by atoms with E-state index in [0.29, 0.717) is 35.5 Å². The van der Waals surface area contributed by atoms with Gasteiger partial charge in [-0.2, -0.15) is 5.10 Å². The number of nitrogen functional groups attached to an aromatic ring is 1. The molecule has 0 radical (unpaired) electrons. The zero-order chi connectivity index (χ0) is 18.6. The number of carbonyl (C=O) groups excluding carboxylic acids is 1. The van der Waals surface area contributed by atoms with Crippen molar-refractivity contribution in [1.29, 1.82) is 0 Å². The fourth-order valence-corrected chi connectivity index (χ4v) is 5.00. The summed E-state index contributed by atoms with van der Waals surface area (Å²) in [6.07, 6.45) is 4.66. The monoisotopic (exact) mass is 358 g/mol. The van der Waals surface area contributed by atoms with Crippen molar-refractivity contribution in [3.05, 3.63) is 40.6 Å². The van der Waals surface area contributed by atoms with Gasteiger partial charge in [0.25, 0.3) is 0 Å². The molecule has 2 aromatic rings. The van der Waals surface area contributed by atoms with Crippen LogP contribution in [0.25, 0.3) is 0 Å². The highest BCUT2D eigenvalue weighted by molar-refractivity contribution is 5.83. The number of anilines is 1. The number of aldehydes is 1. The molecule has 4 rings (SSSR count). The molecular formula is C19H23FN4O2. The molecule has 0 spiro atoms. The average molecular weight is 358 g/mol. The van der Waals surface area contributed by atoms with Gasteiger partial charge in [0.05, 0.1) is 23.1 Å². The minimum absolute atomic E-state index is 0.155. The number of aromatic nitrogens is 3. The Morgan fingerprint density at radius 3 is 2.65 bits per heavy atom. The van der Waals surface area contributed by atoms with Crippen LogP contribution in [0.15, 0.2) is 12.3 Å². The van der Waals surface area contributed by atoms with Crippen LogP contribution in [0.1, 0.15) is 58.9 Å².